The molecule has 6 nitrogen and oxygen atoms in total. The SMILES string of the molecule is CC(O)CNCCNS(=O)(=O)c1cc[nH]c1. The number of nitrogens with one attached hydrogen (secondary N) is 3. The van der Waals surface area contributed by atoms with Crippen molar-refractivity contribution in [3.8, 4) is 0 Å². The Bertz CT molecular complexity index is 386. The van der Waals surface area contributed by atoms with Gasteiger partial charge in [-0.05, 0) is 13.0 Å². The van der Waals surface area contributed by atoms with Crippen molar-refractivity contribution in [2.24, 2.45) is 0 Å². The lowest BCUT2D eigenvalue weighted by Crippen LogP contribution is -2.34. The highest BCUT2D eigenvalue weighted by Crippen LogP contribution is 2.04. The summed E-state index contributed by atoms with van der Waals surface area (Å²) in [5.41, 5.74) is 0. The average molecular weight is 247 g/mol. The molecule has 1 rings (SSSR count). The number of aliphatic hydroxyl groups is 1. The van der Waals surface area contributed by atoms with Crippen LogP contribution in [0.4, 0.5) is 0 Å². The lowest BCUT2D eigenvalue weighted by Gasteiger charge is -2.07. The molecule has 0 aliphatic carbocycles. The van der Waals surface area contributed by atoms with Gasteiger partial charge in [0.05, 0.1) is 11.0 Å². The number of aromatic nitrogens is 1. The number of H-pyrrole nitrogens is 1. The van der Waals surface area contributed by atoms with Crippen LogP contribution in [0.3, 0.4) is 0 Å². The third-order valence-corrected chi connectivity index (χ3v) is 3.37. The smallest absolute Gasteiger partial charge is 0.242 e. The van der Waals surface area contributed by atoms with Gasteiger partial charge in [0.15, 0.2) is 0 Å². The van der Waals surface area contributed by atoms with Gasteiger partial charge in [-0.2, -0.15) is 0 Å². The molecule has 1 heterocycles. The Morgan fingerprint density at radius 1 is 1.50 bits per heavy atom. The summed E-state index contributed by atoms with van der Waals surface area (Å²) in [6.45, 7) is 2.89. The molecule has 1 atom stereocenters. The number of rotatable bonds is 7. The van der Waals surface area contributed by atoms with Crippen molar-refractivity contribution in [2.75, 3.05) is 19.6 Å². The second-order valence-electron chi connectivity index (χ2n) is 3.50. The zero-order chi connectivity index (χ0) is 12.0. The molecular formula is C9H17N3O3S. The van der Waals surface area contributed by atoms with Crippen molar-refractivity contribution in [3.05, 3.63) is 18.5 Å². The van der Waals surface area contributed by atoms with E-state index in [2.05, 4.69) is 15.0 Å². The summed E-state index contributed by atoms with van der Waals surface area (Å²) < 4.78 is 25.6. The Morgan fingerprint density at radius 2 is 2.25 bits per heavy atom. The first-order valence-corrected chi connectivity index (χ1v) is 6.52. The Labute approximate surface area is 95.1 Å². The number of aromatic amines is 1. The van der Waals surface area contributed by atoms with E-state index in [-0.39, 0.29) is 4.90 Å². The first kappa shape index (κ1) is 13.2. The Balaban J connectivity index is 2.28. The van der Waals surface area contributed by atoms with Gasteiger partial charge in [0, 0.05) is 32.0 Å². The van der Waals surface area contributed by atoms with E-state index in [0.717, 1.165) is 0 Å². The van der Waals surface area contributed by atoms with Crippen LogP contribution in [0.2, 0.25) is 0 Å². The molecule has 16 heavy (non-hydrogen) atoms. The Morgan fingerprint density at radius 3 is 2.81 bits per heavy atom. The van der Waals surface area contributed by atoms with E-state index in [1.165, 1.54) is 12.3 Å². The van der Waals surface area contributed by atoms with Crippen molar-refractivity contribution < 1.29 is 13.5 Å². The van der Waals surface area contributed by atoms with Gasteiger partial charge in [-0.25, -0.2) is 13.1 Å². The first-order valence-electron chi connectivity index (χ1n) is 5.03. The quantitative estimate of drug-likeness (QED) is 0.478. The molecule has 0 saturated carbocycles. The lowest BCUT2D eigenvalue weighted by atomic mass is 10.4. The van der Waals surface area contributed by atoms with E-state index in [9.17, 15) is 8.42 Å². The van der Waals surface area contributed by atoms with Crippen molar-refractivity contribution in [1.82, 2.24) is 15.0 Å². The highest BCUT2D eigenvalue weighted by atomic mass is 32.2. The van der Waals surface area contributed by atoms with Crippen molar-refractivity contribution in [3.63, 3.8) is 0 Å². The van der Waals surface area contributed by atoms with Crippen molar-refractivity contribution in [2.45, 2.75) is 17.9 Å². The van der Waals surface area contributed by atoms with Crippen LogP contribution in [0.1, 0.15) is 6.92 Å². The Hall–Kier alpha value is -0.890. The monoisotopic (exact) mass is 247 g/mol. The zero-order valence-electron chi connectivity index (χ0n) is 9.10. The summed E-state index contributed by atoms with van der Waals surface area (Å²) in [7, 11) is -3.40. The highest BCUT2D eigenvalue weighted by Gasteiger charge is 2.12. The predicted octanol–water partition coefficient (Wildman–Crippen LogP) is -0.737. The van der Waals surface area contributed by atoms with Crippen molar-refractivity contribution >= 4 is 10.0 Å². The fourth-order valence-electron chi connectivity index (χ4n) is 1.14. The van der Waals surface area contributed by atoms with Gasteiger partial charge in [-0.1, -0.05) is 0 Å². The summed E-state index contributed by atoms with van der Waals surface area (Å²) >= 11 is 0. The Kier molecular flexibility index (Phi) is 4.94. The van der Waals surface area contributed by atoms with Crippen LogP contribution >= 0.6 is 0 Å². The third-order valence-electron chi connectivity index (χ3n) is 1.91. The minimum absolute atomic E-state index is 0.225. The molecule has 0 saturated heterocycles. The molecular weight excluding hydrogens is 230 g/mol. The standard InChI is InChI=1S/C9H17N3O3S/c1-8(13)6-11-4-5-12-16(14,15)9-2-3-10-7-9/h2-3,7-8,10-13H,4-6H2,1H3. The van der Waals surface area contributed by atoms with E-state index in [1.54, 1.807) is 13.1 Å². The molecule has 0 amide bonds. The maximum absolute atomic E-state index is 11.6. The molecule has 0 radical (unpaired) electrons. The number of sulfonamides is 1. The van der Waals surface area contributed by atoms with E-state index < -0.39 is 16.1 Å². The van der Waals surface area contributed by atoms with Crippen LogP contribution in [-0.2, 0) is 10.0 Å². The molecule has 0 fully saturated rings. The van der Waals surface area contributed by atoms with Gasteiger partial charge < -0.3 is 15.4 Å². The van der Waals surface area contributed by atoms with Crippen LogP contribution in [-0.4, -0.2) is 44.2 Å². The third kappa shape index (κ3) is 4.31. The summed E-state index contributed by atoms with van der Waals surface area (Å²) in [6, 6.07) is 1.49. The maximum atomic E-state index is 11.6. The van der Waals surface area contributed by atoms with Gasteiger partial charge >= 0.3 is 0 Å². The summed E-state index contributed by atoms with van der Waals surface area (Å²) in [5, 5.41) is 11.9. The molecule has 0 aliphatic heterocycles. The second kappa shape index (κ2) is 6.00. The molecule has 92 valence electrons. The van der Waals surface area contributed by atoms with Crippen LogP contribution < -0.4 is 10.0 Å². The zero-order valence-corrected chi connectivity index (χ0v) is 9.92. The summed E-state index contributed by atoms with van der Waals surface area (Å²) in [6.07, 6.45) is 2.55. The summed E-state index contributed by atoms with van der Waals surface area (Å²) in [5.74, 6) is 0. The minimum Gasteiger partial charge on any atom is -0.392 e. The molecule has 1 aromatic heterocycles. The molecule has 0 aliphatic rings. The van der Waals surface area contributed by atoms with Crippen LogP contribution in [0.5, 0.6) is 0 Å². The highest BCUT2D eigenvalue weighted by molar-refractivity contribution is 7.89. The molecule has 0 bridgehead atoms. The number of hydrogen-bond donors (Lipinski definition) is 4. The van der Waals surface area contributed by atoms with Crippen LogP contribution in [0, 0.1) is 0 Å². The van der Waals surface area contributed by atoms with E-state index >= 15 is 0 Å². The fraction of sp³-hybridized carbons (Fsp3) is 0.556. The predicted molar refractivity (Wildman–Crippen MR) is 60.5 cm³/mol. The average Bonchev–Trinajstić information content (AvgIpc) is 2.69. The molecule has 0 spiro atoms. The maximum Gasteiger partial charge on any atom is 0.242 e. The van der Waals surface area contributed by atoms with Gasteiger partial charge in [-0.15, -0.1) is 0 Å². The molecule has 4 N–H and O–H groups in total. The molecule has 1 aromatic rings. The van der Waals surface area contributed by atoms with Gasteiger partial charge in [0.1, 0.15) is 0 Å². The number of hydrogen-bond acceptors (Lipinski definition) is 4. The van der Waals surface area contributed by atoms with Crippen LogP contribution in [0.25, 0.3) is 0 Å². The first-order chi connectivity index (χ1) is 7.52. The van der Waals surface area contributed by atoms with Crippen LogP contribution in [0.15, 0.2) is 23.4 Å². The normalized spacial score (nSPS) is 13.9. The molecule has 7 heteroatoms. The van der Waals surface area contributed by atoms with E-state index in [0.29, 0.717) is 19.6 Å². The van der Waals surface area contributed by atoms with E-state index in [4.69, 9.17) is 5.11 Å². The van der Waals surface area contributed by atoms with Gasteiger partial charge in [-0.3, -0.25) is 0 Å². The second-order valence-corrected chi connectivity index (χ2v) is 5.26. The fourth-order valence-corrected chi connectivity index (χ4v) is 2.15. The largest absolute Gasteiger partial charge is 0.392 e. The lowest BCUT2D eigenvalue weighted by molar-refractivity contribution is 0.192. The van der Waals surface area contributed by atoms with Crippen molar-refractivity contribution in [1.29, 1.82) is 0 Å². The topological polar surface area (TPSA) is 94.2 Å². The van der Waals surface area contributed by atoms with Gasteiger partial charge in [0.2, 0.25) is 10.0 Å². The minimum atomic E-state index is -3.40. The molecule has 0 aromatic carbocycles. The molecule has 1 unspecified atom stereocenters. The van der Waals surface area contributed by atoms with Gasteiger partial charge in [0.25, 0.3) is 0 Å². The van der Waals surface area contributed by atoms with E-state index in [1.807, 2.05) is 0 Å². The number of aliphatic hydroxyl groups excluding tert-OH is 1. The summed E-state index contributed by atoms with van der Waals surface area (Å²) in [4.78, 5) is 2.91.